The number of methoxy groups -OCH3 is 1. The summed E-state index contributed by atoms with van der Waals surface area (Å²) < 4.78 is 42.9. The molecule has 0 saturated heterocycles. The maximum absolute atomic E-state index is 12.6. The molecule has 0 saturated carbocycles. The van der Waals surface area contributed by atoms with E-state index in [4.69, 9.17) is 10.5 Å². The highest BCUT2D eigenvalue weighted by Crippen LogP contribution is 2.30. The number of aliphatic hydroxyl groups is 1. The topological polar surface area (TPSA) is 102 Å². The molecule has 0 radical (unpaired) electrons. The molecule has 0 bridgehead atoms. The molecule has 0 aliphatic carbocycles. The molecular weight excluding hydrogens is 377 g/mol. The van der Waals surface area contributed by atoms with Crippen LogP contribution in [0.5, 0.6) is 5.75 Å². The van der Waals surface area contributed by atoms with Crippen LogP contribution in [0.2, 0.25) is 0 Å². The van der Waals surface area contributed by atoms with Crippen molar-refractivity contribution in [2.75, 3.05) is 7.11 Å². The molecule has 6 nitrogen and oxygen atoms in total. The highest BCUT2D eigenvalue weighted by atomic mass is 19.4. The lowest BCUT2D eigenvalue weighted by Crippen LogP contribution is -2.47. The largest absolute Gasteiger partial charge is 0.497 e. The molecule has 0 aromatic heterocycles. The Morgan fingerprint density at radius 3 is 2.36 bits per heavy atom. The van der Waals surface area contributed by atoms with Gasteiger partial charge in [0.2, 0.25) is 5.91 Å². The number of nitrogens with one attached hydrogen (secondary N) is 1. The Kier molecular flexibility index (Phi) is 6.63. The van der Waals surface area contributed by atoms with E-state index in [1.165, 1.54) is 7.11 Å². The zero-order valence-corrected chi connectivity index (χ0v) is 14.9. The van der Waals surface area contributed by atoms with Crippen molar-refractivity contribution < 1.29 is 32.6 Å². The Morgan fingerprint density at radius 2 is 1.82 bits per heavy atom. The van der Waals surface area contributed by atoms with Crippen LogP contribution in [0.25, 0.3) is 0 Å². The second-order valence-electron chi connectivity index (χ2n) is 6.04. The SMILES string of the molecule is COc1cccc(C[C@@H](NC(=O)[C@H](O)c2ccc(C(F)(F)F)cc2)C(N)=O)c1. The number of ether oxygens (including phenoxy) is 1. The van der Waals surface area contributed by atoms with E-state index in [9.17, 15) is 27.9 Å². The van der Waals surface area contributed by atoms with Crippen molar-refractivity contribution in [1.82, 2.24) is 5.32 Å². The van der Waals surface area contributed by atoms with Crippen molar-refractivity contribution in [1.29, 1.82) is 0 Å². The van der Waals surface area contributed by atoms with Crippen molar-refractivity contribution >= 4 is 11.8 Å². The van der Waals surface area contributed by atoms with Gasteiger partial charge in [-0.1, -0.05) is 24.3 Å². The summed E-state index contributed by atoms with van der Waals surface area (Å²) in [6.45, 7) is 0. The Labute approximate surface area is 159 Å². The molecular formula is C19H19F3N2O4. The number of halogens is 3. The quantitative estimate of drug-likeness (QED) is 0.666. The van der Waals surface area contributed by atoms with E-state index in [-0.39, 0.29) is 12.0 Å². The monoisotopic (exact) mass is 396 g/mol. The first-order valence-corrected chi connectivity index (χ1v) is 8.19. The number of primary amides is 1. The average Bonchev–Trinajstić information content (AvgIpc) is 2.66. The van der Waals surface area contributed by atoms with Crippen molar-refractivity contribution in [3.63, 3.8) is 0 Å². The van der Waals surface area contributed by atoms with Gasteiger partial charge in [-0.3, -0.25) is 9.59 Å². The number of aliphatic hydroxyl groups excluding tert-OH is 1. The Bertz CT molecular complexity index is 838. The van der Waals surface area contributed by atoms with Crippen molar-refractivity contribution in [3.8, 4) is 5.75 Å². The number of carbonyl (C=O) groups is 2. The zero-order chi connectivity index (χ0) is 20.9. The van der Waals surface area contributed by atoms with Crippen LogP contribution in [0.1, 0.15) is 22.8 Å². The fourth-order valence-electron chi connectivity index (χ4n) is 2.51. The van der Waals surface area contributed by atoms with Gasteiger partial charge in [0.1, 0.15) is 11.8 Å². The summed E-state index contributed by atoms with van der Waals surface area (Å²) in [7, 11) is 1.48. The van der Waals surface area contributed by atoms with Crippen LogP contribution in [-0.2, 0) is 22.2 Å². The van der Waals surface area contributed by atoms with Crippen LogP contribution in [0.15, 0.2) is 48.5 Å². The molecule has 0 fully saturated rings. The van der Waals surface area contributed by atoms with Crippen LogP contribution < -0.4 is 15.8 Å². The Morgan fingerprint density at radius 1 is 1.18 bits per heavy atom. The molecule has 2 rings (SSSR count). The van der Waals surface area contributed by atoms with E-state index in [1.54, 1.807) is 24.3 Å². The molecule has 2 atom stereocenters. The molecule has 28 heavy (non-hydrogen) atoms. The van der Waals surface area contributed by atoms with E-state index < -0.39 is 35.7 Å². The second kappa shape index (κ2) is 8.75. The van der Waals surface area contributed by atoms with Crippen LogP contribution in [-0.4, -0.2) is 30.1 Å². The number of hydrogen-bond donors (Lipinski definition) is 3. The van der Waals surface area contributed by atoms with E-state index in [2.05, 4.69) is 5.32 Å². The molecule has 2 aromatic rings. The maximum Gasteiger partial charge on any atom is 0.416 e. The van der Waals surface area contributed by atoms with Gasteiger partial charge >= 0.3 is 6.18 Å². The number of amides is 2. The van der Waals surface area contributed by atoms with Gasteiger partial charge in [-0.15, -0.1) is 0 Å². The lowest BCUT2D eigenvalue weighted by atomic mass is 10.0. The summed E-state index contributed by atoms with van der Waals surface area (Å²) in [6, 6.07) is 9.15. The summed E-state index contributed by atoms with van der Waals surface area (Å²) in [6.07, 6.45) is -6.23. The molecule has 9 heteroatoms. The van der Waals surface area contributed by atoms with E-state index in [1.807, 2.05) is 0 Å². The van der Waals surface area contributed by atoms with Gasteiger partial charge in [-0.05, 0) is 35.4 Å². The molecule has 0 unspecified atom stereocenters. The predicted molar refractivity (Wildman–Crippen MR) is 94.2 cm³/mol. The fraction of sp³-hybridized carbons (Fsp3) is 0.263. The molecule has 0 aliphatic heterocycles. The highest BCUT2D eigenvalue weighted by molar-refractivity contribution is 5.89. The number of nitrogens with two attached hydrogens (primary N) is 1. The van der Waals surface area contributed by atoms with Crippen LogP contribution >= 0.6 is 0 Å². The van der Waals surface area contributed by atoms with E-state index in [0.29, 0.717) is 11.3 Å². The van der Waals surface area contributed by atoms with Gasteiger partial charge in [0.15, 0.2) is 6.10 Å². The molecule has 2 amide bonds. The summed E-state index contributed by atoms with van der Waals surface area (Å²) in [5, 5.41) is 12.4. The standard InChI is InChI=1S/C19H19F3N2O4/c1-28-14-4-2-3-11(9-14)10-15(17(23)26)24-18(27)16(25)12-5-7-13(8-6-12)19(20,21)22/h2-9,15-16,25H,10H2,1H3,(H2,23,26)(H,24,27)/t15-,16-/m1/s1. The van der Waals surface area contributed by atoms with Gasteiger partial charge in [0.25, 0.3) is 5.91 Å². The molecule has 150 valence electrons. The molecule has 0 aliphatic rings. The smallest absolute Gasteiger partial charge is 0.416 e. The van der Waals surface area contributed by atoms with E-state index >= 15 is 0 Å². The third-order valence-corrected chi connectivity index (χ3v) is 4.04. The second-order valence-corrected chi connectivity index (χ2v) is 6.04. The lowest BCUT2D eigenvalue weighted by molar-refractivity contribution is -0.137. The Balaban J connectivity index is 2.09. The maximum atomic E-state index is 12.6. The van der Waals surface area contributed by atoms with Gasteiger partial charge in [-0.2, -0.15) is 13.2 Å². The molecule has 0 heterocycles. The minimum absolute atomic E-state index is 0.0462. The first-order chi connectivity index (χ1) is 13.1. The van der Waals surface area contributed by atoms with Crippen molar-refractivity contribution in [2.24, 2.45) is 5.73 Å². The minimum Gasteiger partial charge on any atom is -0.497 e. The van der Waals surface area contributed by atoms with Crippen LogP contribution in [0.3, 0.4) is 0 Å². The van der Waals surface area contributed by atoms with Crippen LogP contribution in [0, 0.1) is 0 Å². The summed E-state index contributed by atoms with van der Waals surface area (Å²) in [4.78, 5) is 23.9. The Hall–Kier alpha value is -3.07. The van der Waals surface area contributed by atoms with Gasteiger partial charge < -0.3 is 20.9 Å². The average molecular weight is 396 g/mol. The normalized spacial score (nSPS) is 13.5. The summed E-state index contributed by atoms with van der Waals surface area (Å²) >= 11 is 0. The first-order valence-electron chi connectivity index (χ1n) is 8.19. The third kappa shape index (κ3) is 5.46. The van der Waals surface area contributed by atoms with E-state index in [0.717, 1.165) is 24.3 Å². The highest BCUT2D eigenvalue weighted by Gasteiger charge is 2.31. The number of rotatable bonds is 7. The molecule has 4 N–H and O–H groups in total. The molecule has 2 aromatic carbocycles. The third-order valence-electron chi connectivity index (χ3n) is 4.04. The van der Waals surface area contributed by atoms with Gasteiger partial charge in [0, 0.05) is 6.42 Å². The lowest BCUT2D eigenvalue weighted by Gasteiger charge is -2.19. The van der Waals surface area contributed by atoms with Crippen LogP contribution in [0.4, 0.5) is 13.2 Å². The number of hydrogen-bond acceptors (Lipinski definition) is 4. The number of benzene rings is 2. The van der Waals surface area contributed by atoms with Gasteiger partial charge in [-0.25, -0.2) is 0 Å². The number of carbonyl (C=O) groups excluding carboxylic acids is 2. The summed E-state index contributed by atoms with van der Waals surface area (Å²) in [5.74, 6) is -1.22. The molecule has 0 spiro atoms. The first kappa shape index (κ1) is 21.2. The number of alkyl halides is 3. The minimum atomic E-state index is -4.53. The predicted octanol–water partition coefficient (Wildman–Crippen LogP) is 1.96. The van der Waals surface area contributed by atoms with Gasteiger partial charge in [0.05, 0.1) is 12.7 Å². The zero-order valence-electron chi connectivity index (χ0n) is 14.9. The summed E-state index contributed by atoms with van der Waals surface area (Å²) in [5.41, 5.74) is 5.03. The fourth-order valence-corrected chi connectivity index (χ4v) is 2.51. The van der Waals surface area contributed by atoms with Crippen molar-refractivity contribution in [3.05, 3.63) is 65.2 Å². The van der Waals surface area contributed by atoms with Crippen molar-refractivity contribution in [2.45, 2.75) is 24.7 Å².